The van der Waals surface area contributed by atoms with Gasteiger partial charge in [0.1, 0.15) is 0 Å². The molecule has 0 unspecified atom stereocenters. The summed E-state index contributed by atoms with van der Waals surface area (Å²) in [7, 11) is -3.34. The van der Waals surface area contributed by atoms with Gasteiger partial charge in [0, 0.05) is 5.02 Å². The highest BCUT2D eigenvalue weighted by atomic mass is 35.5. The van der Waals surface area contributed by atoms with Crippen LogP contribution in [0.1, 0.15) is 13.8 Å². The van der Waals surface area contributed by atoms with Gasteiger partial charge in [0.25, 0.3) is 0 Å². The first-order valence-corrected chi connectivity index (χ1v) is 7.70. The number of halogens is 1. The Bertz CT molecular complexity index is 649. The lowest BCUT2D eigenvalue weighted by molar-refractivity contribution is 0.593. The average molecular weight is 291 g/mol. The molecule has 0 aliphatic rings. The molecule has 0 aliphatic heterocycles. The maximum Gasteiger partial charge on any atom is 0.236 e. The first kappa shape index (κ1) is 12.6. The number of nitrogens with zero attached hydrogens (tertiary/aromatic N) is 1. The second-order valence-corrected chi connectivity index (χ2v) is 7.53. The van der Waals surface area contributed by atoms with Crippen LogP contribution < -0.4 is 4.72 Å². The Morgan fingerprint density at radius 1 is 1.41 bits per heavy atom. The molecular formula is C10H11ClN2O2S2. The minimum absolute atomic E-state index is 0.371. The molecule has 0 saturated carbocycles. The van der Waals surface area contributed by atoms with E-state index in [9.17, 15) is 8.42 Å². The predicted octanol–water partition coefficient (Wildman–Crippen LogP) is 3.10. The summed E-state index contributed by atoms with van der Waals surface area (Å²) in [6, 6.07) is 5.26. The highest BCUT2D eigenvalue weighted by Gasteiger charge is 2.17. The summed E-state index contributed by atoms with van der Waals surface area (Å²) in [5, 5.41) is 0.494. The van der Waals surface area contributed by atoms with Crippen LogP contribution in [0.3, 0.4) is 0 Å². The molecule has 17 heavy (non-hydrogen) atoms. The molecule has 1 aromatic carbocycles. The molecule has 0 amide bonds. The van der Waals surface area contributed by atoms with Gasteiger partial charge < -0.3 is 0 Å². The molecule has 1 aromatic heterocycles. The van der Waals surface area contributed by atoms with E-state index >= 15 is 0 Å². The Balaban J connectivity index is 2.38. The summed E-state index contributed by atoms with van der Waals surface area (Å²) < 4.78 is 26.7. The maximum atomic E-state index is 11.7. The van der Waals surface area contributed by atoms with E-state index in [-0.39, 0.29) is 0 Å². The van der Waals surface area contributed by atoms with Crippen LogP contribution in [0.5, 0.6) is 0 Å². The van der Waals surface area contributed by atoms with E-state index in [1.807, 2.05) is 0 Å². The number of thiazole rings is 1. The standard InChI is InChI=1S/C10H11ClN2O2S2/c1-6(2)17(14,15)13-10-12-8-4-3-7(11)5-9(8)16-10/h3-6H,1-2H3,(H,12,13). The van der Waals surface area contributed by atoms with Crippen LogP contribution in [-0.2, 0) is 10.0 Å². The largest absolute Gasteiger partial charge is 0.258 e. The number of anilines is 1. The number of fused-ring (bicyclic) bond motifs is 1. The third kappa shape index (κ3) is 2.70. The molecule has 0 fully saturated rings. The second-order valence-electron chi connectivity index (χ2n) is 3.83. The molecule has 0 atom stereocenters. The van der Waals surface area contributed by atoms with Crippen LogP contribution in [0, 0.1) is 0 Å². The monoisotopic (exact) mass is 290 g/mol. The third-order valence-corrected chi connectivity index (χ3v) is 5.22. The fourth-order valence-electron chi connectivity index (χ4n) is 1.18. The summed E-state index contributed by atoms with van der Waals surface area (Å²) >= 11 is 7.12. The van der Waals surface area contributed by atoms with Crippen molar-refractivity contribution < 1.29 is 8.42 Å². The van der Waals surface area contributed by atoms with Gasteiger partial charge in [-0.05, 0) is 32.0 Å². The molecule has 0 bridgehead atoms. The molecule has 1 N–H and O–H groups in total. The minimum Gasteiger partial charge on any atom is -0.258 e. The Hall–Kier alpha value is -0.850. The molecule has 0 spiro atoms. The van der Waals surface area contributed by atoms with Crippen LogP contribution in [0.4, 0.5) is 5.13 Å². The van der Waals surface area contributed by atoms with Crippen LogP contribution in [0.25, 0.3) is 10.2 Å². The third-order valence-electron chi connectivity index (χ3n) is 2.20. The first-order valence-electron chi connectivity index (χ1n) is 4.96. The Kier molecular flexibility index (Phi) is 3.29. The van der Waals surface area contributed by atoms with Crippen molar-refractivity contribution in [1.29, 1.82) is 0 Å². The zero-order valence-corrected chi connectivity index (χ0v) is 11.7. The van der Waals surface area contributed by atoms with Crippen LogP contribution >= 0.6 is 22.9 Å². The molecule has 1 heterocycles. The van der Waals surface area contributed by atoms with Crippen molar-refractivity contribution in [3.8, 4) is 0 Å². The number of rotatable bonds is 3. The van der Waals surface area contributed by atoms with E-state index < -0.39 is 15.3 Å². The van der Waals surface area contributed by atoms with Crippen molar-refractivity contribution in [2.75, 3.05) is 4.72 Å². The number of benzene rings is 1. The lowest BCUT2D eigenvalue weighted by Crippen LogP contribution is -2.22. The van der Waals surface area contributed by atoms with Crippen LogP contribution in [0.15, 0.2) is 18.2 Å². The van der Waals surface area contributed by atoms with E-state index in [2.05, 4.69) is 9.71 Å². The van der Waals surface area contributed by atoms with Crippen molar-refractivity contribution >= 4 is 48.3 Å². The van der Waals surface area contributed by atoms with E-state index in [1.54, 1.807) is 32.0 Å². The van der Waals surface area contributed by atoms with Gasteiger partial charge in [-0.2, -0.15) is 0 Å². The number of hydrogen-bond acceptors (Lipinski definition) is 4. The second kappa shape index (κ2) is 4.44. The topological polar surface area (TPSA) is 59.1 Å². The SMILES string of the molecule is CC(C)S(=O)(=O)Nc1nc2ccc(Cl)cc2s1. The minimum atomic E-state index is -3.34. The normalized spacial score (nSPS) is 12.2. The maximum absolute atomic E-state index is 11.7. The molecule has 0 aliphatic carbocycles. The Labute approximate surface area is 109 Å². The number of sulfonamides is 1. The zero-order valence-electron chi connectivity index (χ0n) is 9.27. The highest BCUT2D eigenvalue weighted by Crippen LogP contribution is 2.29. The summed E-state index contributed by atoms with van der Waals surface area (Å²) in [6.45, 7) is 3.24. The summed E-state index contributed by atoms with van der Waals surface area (Å²) in [6.07, 6.45) is 0. The smallest absolute Gasteiger partial charge is 0.236 e. The van der Waals surface area contributed by atoms with E-state index in [1.165, 1.54) is 11.3 Å². The van der Waals surface area contributed by atoms with Gasteiger partial charge in [-0.3, -0.25) is 4.72 Å². The van der Waals surface area contributed by atoms with Gasteiger partial charge >= 0.3 is 0 Å². The van der Waals surface area contributed by atoms with Gasteiger partial charge in [0.05, 0.1) is 15.5 Å². The fourth-order valence-corrected chi connectivity index (χ4v) is 3.21. The van der Waals surface area contributed by atoms with Gasteiger partial charge in [-0.15, -0.1) is 0 Å². The van der Waals surface area contributed by atoms with E-state index in [0.717, 1.165) is 10.2 Å². The average Bonchev–Trinajstić information content (AvgIpc) is 2.57. The summed E-state index contributed by atoms with van der Waals surface area (Å²) in [4.78, 5) is 4.19. The number of nitrogens with one attached hydrogen (secondary N) is 1. The lowest BCUT2D eigenvalue weighted by Gasteiger charge is -2.06. The van der Waals surface area contributed by atoms with E-state index in [0.29, 0.717) is 10.2 Å². The first-order chi connectivity index (χ1) is 7.88. The van der Waals surface area contributed by atoms with Crippen LogP contribution in [0.2, 0.25) is 5.02 Å². The van der Waals surface area contributed by atoms with Crippen molar-refractivity contribution in [1.82, 2.24) is 4.98 Å². The molecule has 2 aromatic rings. The van der Waals surface area contributed by atoms with Gasteiger partial charge in [-0.25, -0.2) is 13.4 Å². The molecular weight excluding hydrogens is 280 g/mol. The lowest BCUT2D eigenvalue weighted by atomic mass is 10.3. The fraction of sp³-hybridized carbons (Fsp3) is 0.300. The zero-order chi connectivity index (χ0) is 12.6. The molecule has 7 heteroatoms. The molecule has 0 radical (unpaired) electrons. The van der Waals surface area contributed by atoms with E-state index in [4.69, 9.17) is 11.6 Å². The van der Waals surface area contributed by atoms with Crippen LogP contribution in [-0.4, -0.2) is 18.7 Å². The quantitative estimate of drug-likeness (QED) is 0.945. The molecule has 0 saturated heterocycles. The number of aromatic nitrogens is 1. The summed E-state index contributed by atoms with van der Waals surface area (Å²) in [5.41, 5.74) is 0.737. The van der Waals surface area contributed by atoms with Crippen molar-refractivity contribution in [2.45, 2.75) is 19.1 Å². The van der Waals surface area contributed by atoms with Gasteiger partial charge in [0.2, 0.25) is 10.0 Å². The van der Waals surface area contributed by atoms with Crippen molar-refractivity contribution in [3.63, 3.8) is 0 Å². The van der Waals surface area contributed by atoms with Gasteiger partial charge in [0.15, 0.2) is 5.13 Å². The predicted molar refractivity (Wildman–Crippen MR) is 72.3 cm³/mol. The van der Waals surface area contributed by atoms with Gasteiger partial charge in [-0.1, -0.05) is 22.9 Å². The summed E-state index contributed by atoms with van der Waals surface area (Å²) in [5.74, 6) is 0. The Morgan fingerprint density at radius 2 is 2.12 bits per heavy atom. The molecule has 2 rings (SSSR count). The molecule has 4 nitrogen and oxygen atoms in total. The molecule has 92 valence electrons. The van der Waals surface area contributed by atoms with Crippen molar-refractivity contribution in [2.24, 2.45) is 0 Å². The number of hydrogen-bond donors (Lipinski definition) is 1. The van der Waals surface area contributed by atoms with Crippen molar-refractivity contribution in [3.05, 3.63) is 23.2 Å². The Morgan fingerprint density at radius 3 is 2.76 bits per heavy atom. The highest BCUT2D eigenvalue weighted by molar-refractivity contribution is 7.93.